The van der Waals surface area contributed by atoms with Crippen LogP contribution in [0.3, 0.4) is 0 Å². The molecule has 1 aliphatic rings. The summed E-state index contributed by atoms with van der Waals surface area (Å²) in [6.45, 7) is 0.698. The summed E-state index contributed by atoms with van der Waals surface area (Å²) in [5.41, 5.74) is 5.90. The zero-order valence-electron chi connectivity index (χ0n) is 17.3. The smallest absolute Gasteiger partial charge is 0.195 e. The molecule has 5 aromatic rings. The van der Waals surface area contributed by atoms with Crippen LogP contribution < -0.4 is 4.90 Å². The maximum Gasteiger partial charge on any atom is 0.195 e. The number of carbonyl (C=O) groups excluding carboxylic acids is 1. The van der Waals surface area contributed by atoms with Crippen molar-refractivity contribution in [3.05, 3.63) is 120 Å². The van der Waals surface area contributed by atoms with E-state index in [0.29, 0.717) is 17.7 Å². The molecule has 32 heavy (non-hydrogen) atoms. The Morgan fingerprint density at radius 1 is 0.781 bits per heavy atom. The first-order valence-corrected chi connectivity index (χ1v) is 11.4. The highest BCUT2D eigenvalue weighted by molar-refractivity contribution is 7.99. The van der Waals surface area contributed by atoms with E-state index in [9.17, 15) is 4.79 Å². The molecule has 3 nitrogen and oxygen atoms in total. The average molecular weight is 433 g/mol. The molecule has 0 spiro atoms. The number of aromatic amines is 1. The molecule has 0 atom stereocenters. The van der Waals surface area contributed by atoms with Gasteiger partial charge in [0.2, 0.25) is 0 Å². The fraction of sp³-hybridized carbons (Fsp3) is 0.0357. The van der Waals surface area contributed by atoms with Crippen LogP contribution in [-0.2, 0) is 6.54 Å². The molecule has 4 heteroatoms. The molecule has 1 aliphatic heterocycles. The first-order valence-electron chi connectivity index (χ1n) is 10.6. The number of hydrogen-bond acceptors (Lipinski definition) is 3. The SMILES string of the molecule is O=C(c1cccc(CN2c3ccccc3Sc3ccccc32)c1)c1c[nH]c2ccccc12. The van der Waals surface area contributed by atoms with Gasteiger partial charge in [-0.3, -0.25) is 4.79 Å². The summed E-state index contributed by atoms with van der Waals surface area (Å²) in [7, 11) is 0. The number of rotatable bonds is 4. The second-order valence-electron chi connectivity index (χ2n) is 7.90. The van der Waals surface area contributed by atoms with Gasteiger partial charge in [0.25, 0.3) is 0 Å². The van der Waals surface area contributed by atoms with Gasteiger partial charge in [-0.2, -0.15) is 0 Å². The fourth-order valence-corrected chi connectivity index (χ4v) is 5.46. The molecule has 0 bridgehead atoms. The Bertz CT molecular complexity index is 1420. The maximum absolute atomic E-state index is 13.3. The Balaban J connectivity index is 1.37. The number of H-pyrrole nitrogens is 1. The van der Waals surface area contributed by atoms with Crippen molar-refractivity contribution in [3.8, 4) is 0 Å². The monoisotopic (exact) mass is 432 g/mol. The van der Waals surface area contributed by atoms with Crippen LogP contribution in [-0.4, -0.2) is 10.8 Å². The van der Waals surface area contributed by atoms with Gasteiger partial charge in [0.1, 0.15) is 0 Å². The lowest BCUT2D eigenvalue weighted by atomic mass is 10.0. The van der Waals surface area contributed by atoms with Crippen molar-refractivity contribution in [1.82, 2.24) is 4.98 Å². The maximum atomic E-state index is 13.3. The minimum absolute atomic E-state index is 0.0410. The number of aromatic nitrogens is 1. The summed E-state index contributed by atoms with van der Waals surface area (Å²) in [6, 6.07) is 32.9. The molecule has 2 heterocycles. The van der Waals surface area contributed by atoms with Gasteiger partial charge in [-0.15, -0.1) is 0 Å². The number of anilines is 2. The van der Waals surface area contributed by atoms with Crippen LogP contribution in [0.15, 0.2) is 113 Å². The third-order valence-electron chi connectivity index (χ3n) is 5.90. The standard InChI is InChI=1S/C28H20N2OS/c31-28(22-17-29-23-11-2-1-10-21(22)23)20-9-7-8-19(16-20)18-30-24-12-3-5-14-26(24)32-27-15-6-4-13-25(27)30/h1-17,29H,18H2. The molecule has 0 aliphatic carbocycles. The number of hydrogen-bond donors (Lipinski definition) is 1. The molecule has 0 unspecified atom stereocenters. The molecule has 0 saturated carbocycles. The van der Waals surface area contributed by atoms with Crippen molar-refractivity contribution >= 4 is 39.8 Å². The lowest BCUT2D eigenvalue weighted by molar-refractivity contribution is 0.104. The van der Waals surface area contributed by atoms with Gasteiger partial charge < -0.3 is 9.88 Å². The number of carbonyl (C=O) groups is 1. The van der Waals surface area contributed by atoms with E-state index >= 15 is 0 Å². The van der Waals surface area contributed by atoms with E-state index in [0.717, 1.165) is 16.5 Å². The Kier molecular flexibility index (Phi) is 4.58. The van der Waals surface area contributed by atoms with Gasteiger partial charge in [-0.25, -0.2) is 0 Å². The quantitative estimate of drug-likeness (QED) is 0.305. The summed E-state index contributed by atoms with van der Waals surface area (Å²) in [5, 5.41) is 0.957. The third kappa shape index (κ3) is 3.20. The molecular formula is C28H20N2OS. The highest BCUT2D eigenvalue weighted by Gasteiger charge is 2.23. The van der Waals surface area contributed by atoms with Crippen LogP contribution in [0, 0.1) is 0 Å². The van der Waals surface area contributed by atoms with Crippen molar-refractivity contribution in [1.29, 1.82) is 0 Å². The molecule has 154 valence electrons. The van der Waals surface area contributed by atoms with Crippen LogP contribution >= 0.6 is 11.8 Å². The minimum atomic E-state index is 0.0410. The second kappa shape index (κ2) is 7.74. The summed E-state index contributed by atoms with van der Waals surface area (Å²) in [4.78, 5) is 21.4. The molecule has 0 fully saturated rings. The van der Waals surface area contributed by atoms with E-state index in [1.54, 1.807) is 11.8 Å². The normalized spacial score (nSPS) is 12.4. The van der Waals surface area contributed by atoms with Gasteiger partial charge in [0, 0.05) is 44.6 Å². The van der Waals surface area contributed by atoms with Crippen molar-refractivity contribution in [3.63, 3.8) is 0 Å². The summed E-state index contributed by atoms with van der Waals surface area (Å²) in [6.07, 6.45) is 1.81. The molecule has 0 saturated heterocycles. The van der Waals surface area contributed by atoms with Crippen molar-refractivity contribution in [2.24, 2.45) is 0 Å². The Labute approximate surface area is 190 Å². The number of nitrogens with zero attached hydrogens (tertiary/aromatic N) is 1. The van der Waals surface area contributed by atoms with Crippen LogP contribution in [0.4, 0.5) is 11.4 Å². The van der Waals surface area contributed by atoms with Crippen molar-refractivity contribution < 1.29 is 4.79 Å². The van der Waals surface area contributed by atoms with Gasteiger partial charge in [0.05, 0.1) is 11.4 Å². The second-order valence-corrected chi connectivity index (χ2v) is 8.98. The van der Waals surface area contributed by atoms with Crippen LogP contribution in [0.5, 0.6) is 0 Å². The van der Waals surface area contributed by atoms with E-state index in [2.05, 4.69) is 64.5 Å². The summed E-state index contributed by atoms with van der Waals surface area (Å²) >= 11 is 1.80. The van der Waals surface area contributed by atoms with Crippen LogP contribution in [0.2, 0.25) is 0 Å². The first-order chi connectivity index (χ1) is 15.8. The Morgan fingerprint density at radius 2 is 1.47 bits per heavy atom. The third-order valence-corrected chi connectivity index (χ3v) is 7.03. The van der Waals surface area contributed by atoms with Crippen LogP contribution in [0.25, 0.3) is 10.9 Å². The zero-order valence-corrected chi connectivity index (χ0v) is 18.1. The molecule has 0 amide bonds. The lowest BCUT2D eigenvalue weighted by Gasteiger charge is -2.32. The Morgan fingerprint density at radius 3 is 2.25 bits per heavy atom. The number of nitrogens with one attached hydrogen (secondary N) is 1. The van der Waals surface area contributed by atoms with Gasteiger partial charge in [-0.05, 0) is 42.0 Å². The largest absolute Gasteiger partial charge is 0.360 e. The van der Waals surface area contributed by atoms with E-state index < -0.39 is 0 Å². The molecule has 1 aromatic heterocycles. The molecule has 0 radical (unpaired) electrons. The van der Waals surface area contributed by atoms with Crippen molar-refractivity contribution in [2.45, 2.75) is 16.3 Å². The van der Waals surface area contributed by atoms with Crippen molar-refractivity contribution in [2.75, 3.05) is 4.90 Å². The van der Waals surface area contributed by atoms with Gasteiger partial charge in [0.15, 0.2) is 5.78 Å². The topological polar surface area (TPSA) is 36.1 Å². The zero-order chi connectivity index (χ0) is 21.5. The number of ketones is 1. The highest BCUT2D eigenvalue weighted by atomic mass is 32.2. The average Bonchev–Trinajstić information content (AvgIpc) is 3.28. The predicted molar refractivity (Wildman–Crippen MR) is 131 cm³/mol. The summed E-state index contributed by atoms with van der Waals surface area (Å²) < 4.78 is 0. The van der Waals surface area contributed by atoms with E-state index in [1.807, 2.05) is 48.7 Å². The van der Waals surface area contributed by atoms with E-state index in [4.69, 9.17) is 0 Å². The van der Waals surface area contributed by atoms with Gasteiger partial charge in [-0.1, -0.05) is 72.4 Å². The predicted octanol–water partition coefficient (Wildman–Crippen LogP) is 7.20. The van der Waals surface area contributed by atoms with Crippen LogP contribution in [0.1, 0.15) is 21.5 Å². The van der Waals surface area contributed by atoms with E-state index in [1.165, 1.54) is 21.2 Å². The summed E-state index contributed by atoms with van der Waals surface area (Å²) in [5.74, 6) is 0.0410. The molecule has 4 aromatic carbocycles. The molecular weight excluding hydrogens is 412 g/mol. The number of benzene rings is 4. The molecule has 1 N–H and O–H groups in total. The Hall–Kier alpha value is -3.76. The fourth-order valence-electron chi connectivity index (χ4n) is 4.36. The first kappa shape index (κ1) is 19.0. The number of para-hydroxylation sites is 3. The minimum Gasteiger partial charge on any atom is -0.360 e. The number of fused-ring (bicyclic) bond motifs is 3. The molecule has 6 rings (SSSR count). The van der Waals surface area contributed by atoms with Gasteiger partial charge >= 0.3 is 0 Å². The lowest BCUT2D eigenvalue weighted by Crippen LogP contribution is -2.20. The van der Waals surface area contributed by atoms with E-state index in [-0.39, 0.29) is 5.78 Å². The highest BCUT2D eigenvalue weighted by Crippen LogP contribution is 2.48.